The van der Waals surface area contributed by atoms with Crippen LogP contribution in [-0.4, -0.2) is 36.1 Å². The van der Waals surface area contributed by atoms with Gasteiger partial charge in [-0.1, -0.05) is 6.07 Å². The molecule has 0 bridgehead atoms. The van der Waals surface area contributed by atoms with Crippen molar-refractivity contribution in [3.63, 3.8) is 0 Å². The molecule has 7 heteroatoms. The molecule has 1 heterocycles. The van der Waals surface area contributed by atoms with Crippen LogP contribution in [0.2, 0.25) is 0 Å². The Bertz CT molecular complexity index is 712. The minimum Gasteiger partial charge on any atom is -0.344 e. The summed E-state index contributed by atoms with van der Waals surface area (Å²) in [6.45, 7) is 5.91. The van der Waals surface area contributed by atoms with Gasteiger partial charge in [-0.15, -0.1) is 0 Å². The molecule has 1 aromatic carbocycles. The van der Waals surface area contributed by atoms with Crippen LogP contribution < -0.4 is 15.5 Å². The Labute approximate surface area is 134 Å². The first kappa shape index (κ1) is 16.7. The van der Waals surface area contributed by atoms with Crippen LogP contribution in [0, 0.1) is 6.92 Å². The van der Waals surface area contributed by atoms with E-state index in [4.69, 9.17) is 0 Å². The van der Waals surface area contributed by atoms with Crippen LogP contribution in [0.3, 0.4) is 0 Å². The van der Waals surface area contributed by atoms with Crippen LogP contribution in [0.25, 0.3) is 0 Å². The minimum absolute atomic E-state index is 0.0745. The van der Waals surface area contributed by atoms with Crippen molar-refractivity contribution in [1.29, 1.82) is 0 Å². The number of benzene rings is 1. The lowest BCUT2D eigenvalue weighted by Gasteiger charge is -2.35. The van der Waals surface area contributed by atoms with Crippen LogP contribution in [0.15, 0.2) is 12.1 Å². The highest BCUT2D eigenvalue weighted by atomic mass is 16.2. The van der Waals surface area contributed by atoms with E-state index >= 15 is 0 Å². The maximum atomic E-state index is 12.8. The van der Waals surface area contributed by atoms with Crippen LogP contribution >= 0.6 is 0 Å². The number of Topliss-reactive ketones (excluding diaryl/α,β-unsaturated/α-hetero) is 1. The number of fused-ring (bicyclic) bond motifs is 1. The van der Waals surface area contributed by atoms with E-state index in [9.17, 15) is 19.2 Å². The summed E-state index contributed by atoms with van der Waals surface area (Å²) in [5.74, 6) is -1.23. The summed E-state index contributed by atoms with van der Waals surface area (Å²) in [4.78, 5) is 49.0. The number of rotatable bonds is 2. The van der Waals surface area contributed by atoms with E-state index in [1.54, 1.807) is 19.1 Å². The first-order valence-corrected chi connectivity index (χ1v) is 7.23. The van der Waals surface area contributed by atoms with Gasteiger partial charge < -0.3 is 15.5 Å². The summed E-state index contributed by atoms with van der Waals surface area (Å²) in [5, 5.41) is 5.18. The number of anilines is 2. The van der Waals surface area contributed by atoms with Gasteiger partial charge in [-0.05, 0) is 18.6 Å². The van der Waals surface area contributed by atoms with Gasteiger partial charge in [-0.25, -0.2) is 0 Å². The third kappa shape index (κ3) is 3.23. The van der Waals surface area contributed by atoms with Gasteiger partial charge in [0, 0.05) is 20.8 Å². The van der Waals surface area contributed by atoms with E-state index in [1.807, 2.05) is 0 Å². The Morgan fingerprint density at radius 1 is 1.13 bits per heavy atom. The molecule has 0 saturated heterocycles. The highest BCUT2D eigenvalue weighted by molar-refractivity contribution is 6.17. The van der Waals surface area contributed by atoms with Crippen molar-refractivity contribution in [2.75, 3.05) is 16.8 Å². The molecule has 7 nitrogen and oxygen atoms in total. The van der Waals surface area contributed by atoms with E-state index in [0.717, 1.165) is 5.56 Å². The van der Waals surface area contributed by atoms with Crippen molar-refractivity contribution < 1.29 is 19.2 Å². The van der Waals surface area contributed by atoms with Crippen molar-refractivity contribution >= 4 is 34.9 Å². The zero-order chi connectivity index (χ0) is 17.3. The average Bonchev–Trinajstić information content (AvgIpc) is 2.43. The number of carbonyl (C=O) groups is 4. The lowest BCUT2D eigenvalue weighted by atomic mass is 9.91. The molecule has 1 aliphatic rings. The van der Waals surface area contributed by atoms with Crippen LogP contribution in [0.4, 0.5) is 11.4 Å². The van der Waals surface area contributed by atoms with Crippen LogP contribution in [0.5, 0.6) is 0 Å². The molecule has 1 unspecified atom stereocenters. The molecule has 23 heavy (non-hydrogen) atoms. The Morgan fingerprint density at radius 3 is 2.30 bits per heavy atom. The van der Waals surface area contributed by atoms with Crippen molar-refractivity contribution in [1.82, 2.24) is 5.32 Å². The second-order valence-corrected chi connectivity index (χ2v) is 5.58. The van der Waals surface area contributed by atoms with Crippen molar-refractivity contribution in [3.8, 4) is 0 Å². The van der Waals surface area contributed by atoms with Gasteiger partial charge >= 0.3 is 0 Å². The lowest BCUT2D eigenvalue weighted by Crippen LogP contribution is -2.53. The van der Waals surface area contributed by atoms with Gasteiger partial charge in [0.1, 0.15) is 6.04 Å². The van der Waals surface area contributed by atoms with Crippen molar-refractivity contribution in [3.05, 3.63) is 23.3 Å². The number of nitrogens with one attached hydrogen (secondary N) is 2. The SMILES string of the molecule is CC(=O)Nc1ccc(C)c2c1C(=O)C(NC(C)=O)CN2C(C)=O. The number of hydrogen-bond donors (Lipinski definition) is 2. The van der Waals surface area contributed by atoms with E-state index < -0.39 is 6.04 Å². The fourth-order valence-electron chi connectivity index (χ4n) is 2.76. The van der Waals surface area contributed by atoms with Crippen molar-refractivity contribution in [2.24, 2.45) is 0 Å². The van der Waals surface area contributed by atoms with Gasteiger partial charge in [-0.2, -0.15) is 0 Å². The first-order valence-electron chi connectivity index (χ1n) is 7.23. The van der Waals surface area contributed by atoms with Gasteiger partial charge in [-0.3, -0.25) is 19.2 Å². The van der Waals surface area contributed by atoms with Crippen LogP contribution in [0.1, 0.15) is 36.7 Å². The fourth-order valence-corrected chi connectivity index (χ4v) is 2.76. The number of amides is 3. The molecule has 3 amide bonds. The van der Waals surface area contributed by atoms with Crippen molar-refractivity contribution in [2.45, 2.75) is 33.7 Å². The summed E-state index contributed by atoms with van der Waals surface area (Å²) >= 11 is 0. The summed E-state index contributed by atoms with van der Waals surface area (Å²) in [7, 11) is 0. The molecule has 0 radical (unpaired) electrons. The second-order valence-electron chi connectivity index (χ2n) is 5.58. The molecule has 1 aliphatic heterocycles. The van der Waals surface area contributed by atoms with Gasteiger partial charge in [0.05, 0.1) is 23.5 Å². The van der Waals surface area contributed by atoms with Gasteiger partial charge in [0.2, 0.25) is 17.7 Å². The third-order valence-electron chi connectivity index (χ3n) is 3.65. The summed E-state index contributed by atoms with van der Waals surface area (Å²) in [5.41, 5.74) is 1.82. The molecule has 2 rings (SSSR count). The minimum atomic E-state index is -0.835. The lowest BCUT2D eigenvalue weighted by molar-refractivity contribution is -0.120. The third-order valence-corrected chi connectivity index (χ3v) is 3.65. The van der Waals surface area contributed by atoms with Crippen LogP contribution in [-0.2, 0) is 14.4 Å². The number of carbonyl (C=O) groups excluding carboxylic acids is 4. The molecule has 2 N–H and O–H groups in total. The van der Waals surface area contributed by atoms with Gasteiger partial charge in [0.25, 0.3) is 0 Å². The molecule has 0 spiro atoms. The predicted octanol–water partition coefficient (Wildman–Crippen LogP) is 1.01. The summed E-state index contributed by atoms with van der Waals surface area (Å²) < 4.78 is 0. The topological polar surface area (TPSA) is 95.6 Å². The maximum Gasteiger partial charge on any atom is 0.223 e. The smallest absolute Gasteiger partial charge is 0.223 e. The van der Waals surface area contributed by atoms with E-state index in [-0.39, 0.29) is 35.6 Å². The normalized spacial score (nSPS) is 16.6. The zero-order valence-corrected chi connectivity index (χ0v) is 13.5. The molecular weight excluding hydrogens is 298 g/mol. The molecule has 0 fully saturated rings. The maximum absolute atomic E-state index is 12.8. The first-order chi connectivity index (χ1) is 10.7. The zero-order valence-electron chi connectivity index (χ0n) is 13.5. The quantitative estimate of drug-likeness (QED) is 0.851. The summed E-state index contributed by atoms with van der Waals surface area (Å²) in [6, 6.07) is 2.53. The Balaban J connectivity index is 2.64. The monoisotopic (exact) mass is 317 g/mol. The molecule has 1 aromatic rings. The van der Waals surface area contributed by atoms with E-state index in [2.05, 4.69) is 10.6 Å². The Hall–Kier alpha value is -2.70. The summed E-state index contributed by atoms with van der Waals surface area (Å²) in [6.07, 6.45) is 0. The molecular formula is C16H19N3O4. The average molecular weight is 317 g/mol. The molecule has 0 aromatic heterocycles. The number of ketones is 1. The Morgan fingerprint density at radius 2 is 1.78 bits per heavy atom. The molecule has 0 aliphatic carbocycles. The molecule has 1 atom stereocenters. The van der Waals surface area contributed by atoms with E-state index in [0.29, 0.717) is 11.4 Å². The fraction of sp³-hybridized carbons (Fsp3) is 0.375. The number of hydrogen-bond acceptors (Lipinski definition) is 4. The van der Waals surface area contributed by atoms with E-state index in [1.165, 1.54) is 25.7 Å². The largest absolute Gasteiger partial charge is 0.344 e. The second kappa shape index (κ2) is 6.20. The number of nitrogens with zero attached hydrogens (tertiary/aromatic N) is 1. The highest BCUT2D eigenvalue weighted by Gasteiger charge is 2.37. The molecule has 0 saturated carbocycles. The Kier molecular flexibility index (Phi) is 4.49. The van der Waals surface area contributed by atoms with Gasteiger partial charge in [0.15, 0.2) is 5.78 Å². The number of aryl methyl sites for hydroxylation is 1. The molecule has 122 valence electrons. The standard InChI is InChI=1S/C16H19N3O4/c1-8-5-6-12(17-9(2)20)14-15(8)19(11(4)22)7-13(16(14)23)18-10(3)21/h5-6,13H,7H2,1-4H3,(H,17,20)(H,18,21). The highest BCUT2D eigenvalue weighted by Crippen LogP contribution is 2.36. The predicted molar refractivity (Wildman–Crippen MR) is 85.4 cm³/mol.